The lowest BCUT2D eigenvalue weighted by atomic mass is 10.0. The summed E-state index contributed by atoms with van der Waals surface area (Å²) in [6.45, 7) is 7.79. The smallest absolute Gasteiger partial charge is 0.0690 e. The first-order chi connectivity index (χ1) is 7.65. The predicted molar refractivity (Wildman–Crippen MR) is 68.7 cm³/mol. The second-order valence-electron chi connectivity index (χ2n) is 4.66. The molecule has 16 heavy (non-hydrogen) atoms. The quantitative estimate of drug-likeness (QED) is 0.605. The fraction of sp³-hybridized carbons (Fsp3) is 1.00. The molecule has 0 aliphatic heterocycles. The van der Waals surface area contributed by atoms with Crippen LogP contribution in [0.4, 0.5) is 0 Å². The molecule has 0 bridgehead atoms. The van der Waals surface area contributed by atoms with Crippen LogP contribution in [0.15, 0.2) is 0 Å². The highest BCUT2D eigenvalue weighted by Crippen LogP contribution is 2.07. The summed E-state index contributed by atoms with van der Waals surface area (Å²) in [5.41, 5.74) is 0. The molecule has 2 N–H and O–H groups in total. The van der Waals surface area contributed by atoms with Gasteiger partial charge in [0.25, 0.3) is 0 Å². The van der Waals surface area contributed by atoms with E-state index in [1.807, 2.05) is 0 Å². The van der Waals surface area contributed by atoms with Gasteiger partial charge in [0.2, 0.25) is 0 Å². The zero-order valence-corrected chi connectivity index (χ0v) is 11.3. The minimum Gasteiger partial charge on any atom is -0.392 e. The molecular formula is C13H29NO2. The van der Waals surface area contributed by atoms with Gasteiger partial charge < -0.3 is 15.2 Å². The third kappa shape index (κ3) is 7.20. The Balaban J connectivity index is 3.81. The number of unbranched alkanes of at least 4 members (excludes halogenated alkanes) is 1. The zero-order valence-electron chi connectivity index (χ0n) is 11.3. The van der Waals surface area contributed by atoms with Gasteiger partial charge in [0, 0.05) is 19.7 Å². The van der Waals surface area contributed by atoms with Gasteiger partial charge in [-0.3, -0.25) is 0 Å². The van der Waals surface area contributed by atoms with E-state index in [-0.39, 0.29) is 6.10 Å². The Bertz CT molecular complexity index is 153. The summed E-state index contributed by atoms with van der Waals surface area (Å²) < 4.78 is 5.18. The van der Waals surface area contributed by atoms with Crippen molar-refractivity contribution in [3.8, 4) is 0 Å². The van der Waals surface area contributed by atoms with Gasteiger partial charge in [0.1, 0.15) is 0 Å². The molecule has 0 amide bonds. The first-order valence-corrected chi connectivity index (χ1v) is 6.56. The minimum absolute atomic E-state index is 0.244. The molecule has 0 saturated carbocycles. The maximum absolute atomic E-state index is 9.86. The third-order valence-electron chi connectivity index (χ3n) is 3.19. The van der Waals surface area contributed by atoms with Crippen LogP contribution in [0.1, 0.15) is 46.5 Å². The van der Waals surface area contributed by atoms with Gasteiger partial charge >= 0.3 is 0 Å². The van der Waals surface area contributed by atoms with E-state index in [1.54, 1.807) is 7.11 Å². The second kappa shape index (κ2) is 10.1. The van der Waals surface area contributed by atoms with Gasteiger partial charge in [0.05, 0.1) is 12.7 Å². The van der Waals surface area contributed by atoms with E-state index >= 15 is 0 Å². The van der Waals surface area contributed by atoms with Crippen LogP contribution in [0, 0.1) is 5.92 Å². The molecule has 3 unspecified atom stereocenters. The molecule has 0 aromatic carbocycles. The molecule has 0 heterocycles. The average molecular weight is 231 g/mol. The largest absolute Gasteiger partial charge is 0.392 e. The molecule has 0 fully saturated rings. The lowest BCUT2D eigenvalue weighted by molar-refractivity contribution is 0.0981. The van der Waals surface area contributed by atoms with Crippen molar-refractivity contribution < 1.29 is 9.84 Å². The van der Waals surface area contributed by atoms with E-state index < -0.39 is 0 Å². The summed E-state index contributed by atoms with van der Waals surface area (Å²) in [6.07, 6.45) is 4.31. The molecule has 0 aliphatic carbocycles. The van der Waals surface area contributed by atoms with Gasteiger partial charge in [-0.15, -0.1) is 0 Å². The Morgan fingerprint density at radius 2 is 2.00 bits per heavy atom. The lowest BCUT2D eigenvalue weighted by Crippen LogP contribution is -2.40. The molecule has 0 aromatic heterocycles. The molecule has 0 spiro atoms. The Kier molecular flexibility index (Phi) is 9.99. The minimum atomic E-state index is -0.244. The van der Waals surface area contributed by atoms with Crippen molar-refractivity contribution in [2.24, 2.45) is 5.92 Å². The number of rotatable bonds is 10. The van der Waals surface area contributed by atoms with Crippen LogP contribution in [-0.2, 0) is 4.74 Å². The van der Waals surface area contributed by atoms with Gasteiger partial charge in [-0.25, -0.2) is 0 Å². The first-order valence-electron chi connectivity index (χ1n) is 6.56. The summed E-state index contributed by atoms with van der Waals surface area (Å²) in [6, 6.07) is 0.378. The molecule has 3 heteroatoms. The van der Waals surface area contributed by atoms with Crippen LogP contribution in [0.2, 0.25) is 0 Å². The van der Waals surface area contributed by atoms with E-state index in [4.69, 9.17) is 4.74 Å². The van der Waals surface area contributed by atoms with E-state index in [1.165, 1.54) is 12.8 Å². The standard InChI is InChI=1S/C13H29NO2/c1-5-7-8-12(10-16-4)14-9-13(15)11(3)6-2/h11-15H,5-10H2,1-4H3. The van der Waals surface area contributed by atoms with Crippen molar-refractivity contribution in [1.29, 1.82) is 0 Å². The van der Waals surface area contributed by atoms with Gasteiger partial charge in [-0.2, -0.15) is 0 Å². The summed E-state index contributed by atoms with van der Waals surface area (Å²) >= 11 is 0. The molecule has 0 aromatic rings. The maximum atomic E-state index is 9.86. The Morgan fingerprint density at radius 3 is 2.50 bits per heavy atom. The van der Waals surface area contributed by atoms with Gasteiger partial charge in [-0.05, 0) is 12.3 Å². The van der Waals surface area contributed by atoms with E-state index in [0.29, 0.717) is 18.5 Å². The van der Waals surface area contributed by atoms with Crippen LogP contribution >= 0.6 is 0 Å². The molecule has 0 rings (SSSR count). The SMILES string of the molecule is CCCCC(COC)NCC(O)C(C)CC. The highest BCUT2D eigenvalue weighted by Gasteiger charge is 2.14. The Labute approximate surface area is 101 Å². The molecular weight excluding hydrogens is 202 g/mol. The highest BCUT2D eigenvalue weighted by molar-refractivity contribution is 4.71. The fourth-order valence-corrected chi connectivity index (χ4v) is 1.66. The third-order valence-corrected chi connectivity index (χ3v) is 3.19. The fourth-order valence-electron chi connectivity index (χ4n) is 1.66. The van der Waals surface area contributed by atoms with Crippen molar-refractivity contribution in [3.05, 3.63) is 0 Å². The molecule has 0 radical (unpaired) electrons. The molecule has 3 nitrogen and oxygen atoms in total. The lowest BCUT2D eigenvalue weighted by Gasteiger charge is -2.22. The van der Waals surface area contributed by atoms with Crippen LogP contribution in [-0.4, -0.2) is 37.5 Å². The van der Waals surface area contributed by atoms with E-state index in [0.717, 1.165) is 19.4 Å². The van der Waals surface area contributed by atoms with Crippen molar-refractivity contribution >= 4 is 0 Å². The Morgan fingerprint density at radius 1 is 1.31 bits per heavy atom. The normalized spacial score (nSPS) is 17.1. The van der Waals surface area contributed by atoms with Crippen molar-refractivity contribution in [2.45, 2.75) is 58.6 Å². The number of ether oxygens (including phenoxy) is 1. The van der Waals surface area contributed by atoms with Gasteiger partial charge in [0.15, 0.2) is 0 Å². The number of aliphatic hydroxyl groups excluding tert-OH is 1. The molecule has 0 saturated heterocycles. The van der Waals surface area contributed by atoms with Crippen LogP contribution in [0.25, 0.3) is 0 Å². The number of methoxy groups -OCH3 is 1. The zero-order chi connectivity index (χ0) is 12.4. The number of aliphatic hydroxyl groups is 1. The molecule has 3 atom stereocenters. The molecule has 98 valence electrons. The average Bonchev–Trinajstić information content (AvgIpc) is 2.31. The van der Waals surface area contributed by atoms with Crippen LogP contribution in [0.3, 0.4) is 0 Å². The predicted octanol–water partition coefficient (Wildman–Crippen LogP) is 2.19. The number of nitrogens with one attached hydrogen (secondary N) is 1. The second-order valence-corrected chi connectivity index (χ2v) is 4.66. The summed E-state index contributed by atoms with van der Waals surface area (Å²) in [5, 5.41) is 13.3. The van der Waals surface area contributed by atoms with Crippen LogP contribution < -0.4 is 5.32 Å². The topological polar surface area (TPSA) is 41.5 Å². The summed E-state index contributed by atoms with van der Waals surface area (Å²) in [4.78, 5) is 0. The highest BCUT2D eigenvalue weighted by atomic mass is 16.5. The summed E-state index contributed by atoms with van der Waals surface area (Å²) in [5.74, 6) is 0.363. The van der Waals surface area contributed by atoms with Gasteiger partial charge in [-0.1, -0.05) is 40.0 Å². The monoisotopic (exact) mass is 231 g/mol. The Hall–Kier alpha value is -0.120. The number of hydrogen-bond acceptors (Lipinski definition) is 3. The maximum Gasteiger partial charge on any atom is 0.0690 e. The van der Waals surface area contributed by atoms with Crippen molar-refractivity contribution in [3.63, 3.8) is 0 Å². The van der Waals surface area contributed by atoms with Crippen molar-refractivity contribution in [1.82, 2.24) is 5.32 Å². The summed E-state index contributed by atoms with van der Waals surface area (Å²) in [7, 11) is 1.73. The molecule has 0 aliphatic rings. The van der Waals surface area contributed by atoms with Crippen molar-refractivity contribution in [2.75, 3.05) is 20.3 Å². The van der Waals surface area contributed by atoms with Crippen LogP contribution in [0.5, 0.6) is 0 Å². The number of hydrogen-bond donors (Lipinski definition) is 2. The van der Waals surface area contributed by atoms with E-state index in [9.17, 15) is 5.11 Å². The first kappa shape index (κ1) is 15.9. The van der Waals surface area contributed by atoms with E-state index in [2.05, 4.69) is 26.1 Å².